The second-order valence-corrected chi connectivity index (χ2v) is 19.7. The number of aliphatic hydroxyl groups is 7. The molecule has 0 aliphatic carbocycles. The Morgan fingerprint density at radius 3 is 1.32 bits per heavy atom. The van der Waals surface area contributed by atoms with Crippen LogP contribution in [0.15, 0.2) is 12.2 Å². The second-order valence-electron chi connectivity index (χ2n) is 19.7. The maximum absolute atomic E-state index is 13.1. The standard InChI is InChI=1S/C54H105NO10/c1-3-5-7-9-11-13-15-16-17-18-19-20-21-22-23-24-25-26-27-28-29-30-31-32-34-35-37-39-41-46(57)49(59)45(44-64-54-52(62)51(61)50(60)48(43-56)65-54)55-53(63)47(58)42-40-38-36-33-14-12-10-8-6-4-2/h34-35,45-52,54,56-62H,3-33,36-44H2,1-2H3,(H,55,63)/b35-34+. The monoisotopic (exact) mass is 928 g/mol. The van der Waals surface area contributed by atoms with Crippen LogP contribution in [0.3, 0.4) is 0 Å². The van der Waals surface area contributed by atoms with Gasteiger partial charge in [0, 0.05) is 0 Å². The summed E-state index contributed by atoms with van der Waals surface area (Å²) in [6.07, 6.45) is 38.7. The van der Waals surface area contributed by atoms with Crippen LogP contribution >= 0.6 is 0 Å². The first-order valence-electron chi connectivity index (χ1n) is 27.6. The lowest BCUT2D eigenvalue weighted by Gasteiger charge is -2.40. The maximum atomic E-state index is 13.1. The molecule has 9 unspecified atom stereocenters. The Morgan fingerprint density at radius 1 is 0.523 bits per heavy atom. The lowest BCUT2D eigenvalue weighted by atomic mass is 9.98. The lowest BCUT2D eigenvalue weighted by Crippen LogP contribution is -2.60. The van der Waals surface area contributed by atoms with Gasteiger partial charge in [-0.2, -0.15) is 0 Å². The molecule has 1 rings (SSSR count). The van der Waals surface area contributed by atoms with Crippen molar-refractivity contribution in [3.05, 3.63) is 12.2 Å². The molecule has 1 fully saturated rings. The summed E-state index contributed by atoms with van der Waals surface area (Å²) in [5, 5.41) is 75.8. The Kier molecular flexibility index (Phi) is 42.0. The molecule has 11 heteroatoms. The number of aliphatic hydroxyl groups excluding tert-OH is 7. The van der Waals surface area contributed by atoms with Gasteiger partial charge in [-0.15, -0.1) is 0 Å². The molecule has 1 aliphatic heterocycles. The molecule has 11 nitrogen and oxygen atoms in total. The van der Waals surface area contributed by atoms with Crippen LogP contribution in [0.2, 0.25) is 0 Å². The van der Waals surface area contributed by atoms with Crippen molar-refractivity contribution in [3.63, 3.8) is 0 Å². The number of amides is 1. The van der Waals surface area contributed by atoms with Gasteiger partial charge in [-0.1, -0.05) is 231 Å². The van der Waals surface area contributed by atoms with Crippen molar-refractivity contribution in [3.8, 4) is 0 Å². The zero-order chi connectivity index (χ0) is 47.6. The van der Waals surface area contributed by atoms with Crippen molar-refractivity contribution in [2.24, 2.45) is 0 Å². The molecule has 0 radical (unpaired) electrons. The quantitative estimate of drug-likeness (QED) is 0.0215. The zero-order valence-corrected chi connectivity index (χ0v) is 42.0. The van der Waals surface area contributed by atoms with Crippen molar-refractivity contribution in [2.45, 2.75) is 313 Å². The van der Waals surface area contributed by atoms with Crippen LogP contribution < -0.4 is 5.32 Å². The number of nitrogens with one attached hydrogen (secondary N) is 1. The average Bonchev–Trinajstić information content (AvgIpc) is 3.31. The fraction of sp³-hybridized carbons (Fsp3) is 0.944. The van der Waals surface area contributed by atoms with Gasteiger partial charge in [0.15, 0.2) is 6.29 Å². The van der Waals surface area contributed by atoms with Gasteiger partial charge in [0.1, 0.15) is 36.6 Å². The van der Waals surface area contributed by atoms with E-state index in [4.69, 9.17) is 9.47 Å². The summed E-state index contributed by atoms with van der Waals surface area (Å²) < 4.78 is 11.1. The Morgan fingerprint density at radius 2 is 0.908 bits per heavy atom. The molecule has 0 aromatic heterocycles. The lowest BCUT2D eigenvalue weighted by molar-refractivity contribution is -0.303. The first-order valence-corrected chi connectivity index (χ1v) is 27.6. The van der Waals surface area contributed by atoms with Crippen LogP contribution in [0.5, 0.6) is 0 Å². The summed E-state index contributed by atoms with van der Waals surface area (Å²) in [6.45, 7) is 3.43. The third-order valence-corrected chi connectivity index (χ3v) is 13.6. The van der Waals surface area contributed by atoms with E-state index in [-0.39, 0.29) is 12.8 Å². The Balaban J connectivity index is 2.26. The first kappa shape index (κ1) is 61.9. The Labute approximate surface area is 398 Å². The second kappa shape index (κ2) is 44.1. The van der Waals surface area contributed by atoms with E-state index in [2.05, 4.69) is 31.3 Å². The number of hydrogen-bond acceptors (Lipinski definition) is 10. The van der Waals surface area contributed by atoms with Crippen LogP contribution in [-0.2, 0) is 14.3 Å². The van der Waals surface area contributed by atoms with Crippen LogP contribution in [0, 0.1) is 0 Å². The van der Waals surface area contributed by atoms with E-state index in [1.165, 1.54) is 180 Å². The van der Waals surface area contributed by atoms with E-state index in [1.54, 1.807) is 0 Å². The highest BCUT2D eigenvalue weighted by atomic mass is 16.7. The summed E-state index contributed by atoms with van der Waals surface area (Å²) in [6, 6.07) is -1.18. The van der Waals surface area contributed by atoms with Crippen LogP contribution in [0.25, 0.3) is 0 Å². The summed E-state index contributed by atoms with van der Waals surface area (Å²) in [5.41, 5.74) is 0. The largest absolute Gasteiger partial charge is 0.394 e. The van der Waals surface area contributed by atoms with E-state index >= 15 is 0 Å². The van der Waals surface area contributed by atoms with Crippen molar-refractivity contribution < 1.29 is 50.0 Å². The normalized spacial score (nSPS) is 20.9. The van der Waals surface area contributed by atoms with Crippen LogP contribution in [0.1, 0.15) is 258 Å². The number of rotatable bonds is 47. The molecular weight excluding hydrogens is 823 g/mol. The minimum Gasteiger partial charge on any atom is -0.394 e. The number of carbonyl (C=O) groups excluding carboxylic acids is 1. The molecule has 0 aromatic carbocycles. The predicted octanol–water partition coefficient (Wildman–Crippen LogP) is 10.8. The van der Waals surface area contributed by atoms with Gasteiger partial charge in [0.05, 0.1) is 25.4 Å². The SMILES string of the molecule is CCCCCCCCCCCCCCCCCCCCCCCCC/C=C/CCCC(O)C(O)C(COC1OC(CO)C(O)C(O)C1O)NC(=O)C(O)CCCCCCCCCCCC. The molecule has 0 saturated carbocycles. The number of allylic oxidation sites excluding steroid dienone is 2. The van der Waals surface area contributed by atoms with Gasteiger partial charge >= 0.3 is 0 Å². The fourth-order valence-electron chi connectivity index (χ4n) is 9.03. The Hall–Kier alpha value is -1.15. The highest BCUT2D eigenvalue weighted by Gasteiger charge is 2.44. The van der Waals surface area contributed by atoms with Crippen LogP contribution in [0.4, 0.5) is 0 Å². The molecular formula is C54H105NO10. The minimum absolute atomic E-state index is 0.257. The third-order valence-electron chi connectivity index (χ3n) is 13.6. The molecule has 0 spiro atoms. The minimum atomic E-state index is -1.66. The molecule has 0 bridgehead atoms. The van der Waals surface area contributed by atoms with E-state index < -0.39 is 74.2 Å². The number of carbonyl (C=O) groups is 1. The van der Waals surface area contributed by atoms with Gasteiger partial charge in [0.25, 0.3) is 0 Å². The van der Waals surface area contributed by atoms with Gasteiger partial charge in [0.2, 0.25) is 5.91 Å². The Bertz CT molecular complexity index is 1060. The van der Waals surface area contributed by atoms with Crippen molar-refractivity contribution in [1.29, 1.82) is 0 Å². The number of unbranched alkanes of at least 4 members (excludes halogenated alkanes) is 33. The molecule has 1 saturated heterocycles. The highest BCUT2D eigenvalue weighted by molar-refractivity contribution is 5.80. The van der Waals surface area contributed by atoms with Crippen molar-refractivity contribution in [2.75, 3.05) is 13.2 Å². The molecule has 1 heterocycles. The predicted molar refractivity (Wildman–Crippen MR) is 266 cm³/mol. The molecule has 1 amide bonds. The van der Waals surface area contributed by atoms with E-state index in [9.17, 15) is 40.5 Å². The van der Waals surface area contributed by atoms with Gasteiger partial charge in [-0.05, 0) is 38.5 Å². The number of hydrogen-bond donors (Lipinski definition) is 8. The summed E-state index contributed by atoms with van der Waals surface area (Å²) in [5.74, 6) is -0.705. The van der Waals surface area contributed by atoms with Gasteiger partial charge in [-0.3, -0.25) is 4.79 Å². The fourth-order valence-corrected chi connectivity index (χ4v) is 9.03. The molecule has 8 N–H and O–H groups in total. The molecule has 9 atom stereocenters. The van der Waals surface area contributed by atoms with Crippen molar-refractivity contribution >= 4 is 5.91 Å². The smallest absolute Gasteiger partial charge is 0.249 e. The summed E-state index contributed by atoms with van der Waals surface area (Å²) >= 11 is 0. The first-order chi connectivity index (χ1) is 31.7. The van der Waals surface area contributed by atoms with Crippen LogP contribution in [-0.4, -0.2) is 110 Å². The maximum Gasteiger partial charge on any atom is 0.249 e. The van der Waals surface area contributed by atoms with Crippen molar-refractivity contribution in [1.82, 2.24) is 5.32 Å². The molecule has 0 aromatic rings. The molecule has 386 valence electrons. The van der Waals surface area contributed by atoms with Gasteiger partial charge < -0.3 is 50.5 Å². The number of ether oxygens (including phenoxy) is 2. The summed E-state index contributed by atoms with van der Waals surface area (Å²) in [4.78, 5) is 13.1. The summed E-state index contributed by atoms with van der Waals surface area (Å²) in [7, 11) is 0. The topological polar surface area (TPSA) is 189 Å². The molecule has 65 heavy (non-hydrogen) atoms. The molecule has 1 aliphatic rings. The van der Waals surface area contributed by atoms with E-state index in [0.717, 1.165) is 38.5 Å². The van der Waals surface area contributed by atoms with E-state index in [0.29, 0.717) is 12.8 Å². The van der Waals surface area contributed by atoms with E-state index in [1.807, 2.05) is 0 Å². The van der Waals surface area contributed by atoms with Gasteiger partial charge in [-0.25, -0.2) is 0 Å². The average molecular weight is 928 g/mol. The highest BCUT2D eigenvalue weighted by Crippen LogP contribution is 2.23. The zero-order valence-electron chi connectivity index (χ0n) is 42.0. The third kappa shape index (κ3) is 33.1.